The van der Waals surface area contributed by atoms with E-state index in [1.165, 1.54) is 6.20 Å². The molecule has 1 unspecified atom stereocenters. The summed E-state index contributed by atoms with van der Waals surface area (Å²) in [7, 11) is -3.06. The molecule has 1 fully saturated rings. The van der Waals surface area contributed by atoms with E-state index in [-0.39, 0.29) is 17.4 Å². The normalized spacial score (nSPS) is 23.3. The van der Waals surface area contributed by atoms with Crippen LogP contribution in [0.2, 0.25) is 0 Å². The van der Waals surface area contributed by atoms with E-state index in [1.54, 1.807) is 42.3 Å². The molecular formula is C14H16N4O3S. The maximum absolute atomic E-state index is 12.4. The maximum atomic E-state index is 12.4. The fourth-order valence-electron chi connectivity index (χ4n) is 2.55. The number of amides is 1. The molecule has 1 aliphatic heterocycles. The fraction of sp³-hybridized carbons (Fsp3) is 0.357. The predicted octanol–water partition coefficient (Wildman–Crippen LogP) is 0.574. The van der Waals surface area contributed by atoms with Crippen LogP contribution in [-0.2, 0) is 9.84 Å². The minimum absolute atomic E-state index is 0.0226. The molecule has 3 rings (SSSR count). The second kappa shape index (κ2) is 5.20. The van der Waals surface area contributed by atoms with Crippen molar-refractivity contribution in [2.75, 3.05) is 11.5 Å². The summed E-state index contributed by atoms with van der Waals surface area (Å²) in [5, 5.41) is 2.83. The third-order valence-electron chi connectivity index (χ3n) is 3.70. The molecule has 2 aromatic heterocycles. The maximum Gasteiger partial charge on any atom is 0.251 e. The van der Waals surface area contributed by atoms with Crippen LogP contribution in [-0.4, -0.2) is 45.9 Å². The Morgan fingerprint density at radius 3 is 2.86 bits per heavy atom. The molecule has 1 saturated heterocycles. The number of rotatable bonds is 3. The van der Waals surface area contributed by atoms with Crippen molar-refractivity contribution in [3.63, 3.8) is 0 Å². The van der Waals surface area contributed by atoms with Gasteiger partial charge in [-0.1, -0.05) is 0 Å². The van der Waals surface area contributed by atoms with E-state index in [9.17, 15) is 13.2 Å². The Morgan fingerprint density at radius 1 is 1.41 bits per heavy atom. The van der Waals surface area contributed by atoms with Gasteiger partial charge < -0.3 is 5.32 Å². The highest BCUT2D eigenvalue weighted by Gasteiger charge is 2.39. The van der Waals surface area contributed by atoms with E-state index in [0.29, 0.717) is 17.8 Å². The Balaban J connectivity index is 1.80. The molecule has 7 nitrogen and oxygen atoms in total. The van der Waals surface area contributed by atoms with Gasteiger partial charge in [0.25, 0.3) is 5.91 Å². The minimum Gasteiger partial charge on any atom is -0.346 e. The Bertz CT molecular complexity index is 801. The van der Waals surface area contributed by atoms with Crippen LogP contribution in [0.25, 0.3) is 5.82 Å². The number of imidazole rings is 1. The first-order valence-corrected chi connectivity index (χ1v) is 8.66. The molecule has 3 heterocycles. The van der Waals surface area contributed by atoms with Crippen molar-refractivity contribution in [1.29, 1.82) is 0 Å². The van der Waals surface area contributed by atoms with Crippen LogP contribution in [0.5, 0.6) is 0 Å². The summed E-state index contributed by atoms with van der Waals surface area (Å²) >= 11 is 0. The van der Waals surface area contributed by atoms with Crippen molar-refractivity contribution in [2.24, 2.45) is 0 Å². The monoisotopic (exact) mass is 320 g/mol. The highest BCUT2D eigenvalue weighted by molar-refractivity contribution is 7.91. The van der Waals surface area contributed by atoms with Gasteiger partial charge in [0.1, 0.15) is 12.1 Å². The first kappa shape index (κ1) is 14.7. The van der Waals surface area contributed by atoms with Crippen molar-refractivity contribution in [3.05, 3.63) is 42.6 Å². The first-order chi connectivity index (χ1) is 10.4. The molecule has 116 valence electrons. The second-order valence-corrected chi connectivity index (χ2v) is 7.91. The lowest BCUT2D eigenvalue weighted by molar-refractivity contribution is 0.0915. The average molecular weight is 320 g/mol. The summed E-state index contributed by atoms with van der Waals surface area (Å²) in [6, 6.07) is 3.24. The lowest BCUT2D eigenvalue weighted by Crippen LogP contribution is -2.46. The number of carbonyl (C=O) groups is 1. The van der Waals surface area contributed by atoms with E-state index in [2.05, 4.69) is 15.3 Å². The molecule has 0 radical (unpaired) electrons. The number of carbonyl (C=O) groups excluding carboxylic acids is 1. The van der Waals surface area contributed by atoms with Gasteiger partial charge in [0, 0.05) is 24.2 Å². The van der Waals surface area contributed by atoms with Gasteiger partial charge in [0.2, 0.25) is 0 Å². The summed E-state index contributed by atoms with van der Waals surface area (Å²) < 4.78 is 24.9. The second-order valence-electron chi connectivity index (χ2n) is 5.73. The molecule has 0 saturated carbocycles. The zero-order valence-corrected chi connectivity index (χ0v) is 12.9. The summed E-state index contributed by atoms with van der Waals surface area (Å²) in [5.74, 6) is 0.365. The minimum atomic E-state index is -3.06. The van der Waals surface area contributed by atoms with Crippen molar-refractivity contribution in [3.8, 4) is 5.82 Å². The molecule has 1 atom stereocenters. The zero-order chi connectivity index (χ0) is 15.8. The Hall–Kier alpha value is -2.22. The van der Waals surface area contributed by atoms with Crippen LogP contribution in [0.1, 0.15) is 23.7 Å². The molecule has 1 amide bonds. The number of hydrogen-bond acceptors (Lipinski definition) is 5. The van der Waals surface area contributed by atoms with Gasteiger partial charge in [-0.15, -0.1) is 0 Å². The molecule has 2 aromatic rings. The molecule has 1 N–H and O–H groups in total. The predicted molar refractivity (Wildman–Crippen MR) is 80.5 cm³/mol. The van der Waals surface area contributed by atoms with Crippen LogP contribution in [0.15, 0.2) is 37.1 Å². The number of nitrogens with zero attached hydrogens (tertiary/aromatic N) is 3. The van der Waals surface area contributed by atoms with Gasteiger partial charge in [-0.3, -0.25) is 9.36 Å². The van der Waals surface area contributed by atoms with Crippen molar-refractivity contribution < 1.29 is 13.2 Å². The van der Waals surface area contributed by atoms with Crippen LogP contribution in [0.4, 0.5) is 0 Å². The van der Waals surface area contributed by atoms with Crippen molar-refractivity contribution >= 4 is 15.7 Å². The smallest absolute Gasteiger partial charge is 0.251 e. The van der Waals surface area contributed by atoms with Gasteiger partial charge >= 0.3 is 0 Å². The van der Waals surface area contributed by atoms with Crippen LogP contribution in [0, 0.1) is 0 Å². The number of aromatic nitrogens is 3. The molecule has 8 heteroatoms. The number of hydrogen-bond donors (Lipinski definition) is 1. The summed E-state index contributed by atoms with van der Waals surface area (Å²) in [6.07, 6.45) is 6.92. The zero-order valence-electron chi connectivity index (χ0n) is 12.1. The molecule has 1 aliphatic rings. The number of sulfone groups is 1. The van der Waals surface area contributed by atoms with Gasteiger partial charge in [0.15, 0.2) is 9.84 Å². The number of nitrogens with one attached hydrogen (secondary N) is 1. The van der Waals surface area contributed by atoms with E-state index in [0.717, 1.165) is 0 Å². The van der Waals surface area contributed by atoms with Crippen LogP contribution < -0.4 is 5.32 Å². The SMILES string of the molecule is CC1(NC(=O)c2ccnc(-n3ccnc3)c2)CCS(=O)(=O)C1. The Labute approximate surface area is 128 Å². The lowest BCUT2D eigenvalue weighted by Gasteiger charge is -2.23. The Kier molecular flexibility index (Phi) is 3.48. The first-order valence-electron chi connectivity index (χ1n) is 6.84. The van der Waals surface area contributed by atoms with Gasteiger partial charge in [-0.25, -0.2) is 18.4 Å². The van der Waals surface area contributed by atoms with E-state index >= 15 is 0 Å². The fourth-order valence-corrected chi connectivity index (χ4v) is 4.64. The van der Waals surface area contributed by atoms with E-state index < -0.39 is 15.4 Å². The van der Waals surface area contributed by atoms with Gasteiger partial charge in [0.05, 0.1) is 17.0 Å². The highest BCUT2D eigenvalue weighted by Crippen LogP contribution is 2.23. The third kappa shape index (κ3) is 3.01. The molecule has 0 spiro atoms. The van der Waals surface area contributed by atoms with Crippen LogP contribution in [0.3, 0.4) is 0 Å². The molecule has 0 aliphatic carbocycles. The quantitative estimate of drug-likeness (QED) is 0.892. The largest absolute Gasteiger partial charge is 0.346 e. The molecule has 22 heavy (non-hydrogen) atoms. The van der Waals surface area contributed by atoms with Crippen molar-refractivity contribution in [2.45, 2.75) is 18.9 Å². The highest BCUT2D eigenvalue weighted by atomic mass is 32.2. The van der Waals surface area contributed by atoms with Crippen LogP contribution >= 0.6 is 0 Å². The summed E-state index contributed by atoms with van der Waals surface area (Å²) in [5.41, 5.74) is -0.279. The van der Waals surface area contributed by atoms with Gasteiger partial charge in [-0.2, -0.15) is 0 Å². The standard InChI is InChI=1S/C14H16N4O3S/c1-14(3-7-22(20,21)9-14)17-13(19)11-2-4-16-12(8-11)18-6-5-15-10-18/h2,4-6,8,10H,3,7,9H2,1H3,(H,17,19). The average Bonchev–Trinajstić information content (AvgIpc) is 3.07. The topological polar surface area (TPSA) is 93.9 Å². The molecule has 0 aromatic carbocycles. The van der Waals surface area contributed by atoms with Gasteiger partial charge in [-0.05, 0) is 25.5 Å². The third-order valence-corrected chi connectivity index (χ3v) is 5.60. The molecular weight excluding hydrogens is 304 g/mol. The summed E-state index contributed by atoms with van der Waals surface area (Å²) in [4.78, 5) is 20.5. The Morgan fingerprint density at radius 2 is 2.23 bits per heavy atom. The molecule has 0 bridgehead atoms. The lowest BCUT2D eigenvalue weighted by atomic mass is 10.0. The summed E-state index contributed by atoms with van der Waals surface area (Å²) in [6.45, 7) is 1.76. The van der Waals surface area contributed by atoms with E-state index in [4.69, 9.17) is 0 Å². The van der Waals surface area contributed by atoms with E-state index in [1.807, 2.05) is 0 Å². The number of pyridine rings is 1. The van der Waals surface area contributed by atoms with Crippen molar-refractivity contribution in [1.82, 2.24) is 19.9 Å².